The van der Waals surface area contributed by atoms with E-state index >= 15 is 0 Å². The van der Waals surface area contributed by atoms with Gasteiger partial charge < -0.3 is 10.4 Å². The van der Waals surface area contributed by atoms with Crippen LogP contribution < -0.4 is 5.32 Å². The highest BCUT2D eigenvalue weighted by Crippen LogP contribution is 2.22. The Morgan fingerprint density at radius 2 is 2.12 bits per heavy atom. The molecule has 6 nitrogen and oxygen atoms in total. The van der Waals surface area contributed by atoms with E-state index < -0.39 is 6.10 Å². The average Bonchev–Trinajstić information content (AvgIpc) is 3.02. The molecule has 3 aromatic rings. The molecule has 3 rings (SSSR count). The first-order valence-electron chi connectivity index (χ1n) is 7.64. The van der Waals surface area contributed by atoms with Gasteiger partial charge in [0.05, 0.1) is 11.6 Å². The maximum absolute atomic E-state index is 12.3. The molecule has 0 aliphatic heterocycles. The second-order valence-corrected chi connectivity index (χ2v) is 5.76. The van der Waals surface area contributed by atoms with E-state index in [1.807, 2.05) is 13.0 Å². The molecule has 7 heteroatoms. The zero-order chi connectivity index (χ0) is 17.1. The number of aryl methyl sites for hydroxylation is 1. The Hall–Kier alpha value is -2.44. The Morgan fingerprint density at radius 3 is 2.88 bits per heavy atom. The number of amides is 1. The number of nitrogens with zero attached hydrogens (tertiary/aromatic N) is 3. The smallest absolute Gasteiger partial charge is 0.251 e. The molecule has 2 aromatic carbocycles. The largest absolute Gasteiger partial charge is 0.387 e. The van der Waals surface area contributed by atoms with Crippen molar-refractivity contribution in [2.24, 2.45) is 0 Å². The van der Waals surface area contributed by atoms with Crippen LogP contribution >= 0.6 is 11.6 Å². The third kappa shape index (κ3) is 3.25. The number of halogens is 1. The minimum Gasteiger partial charge on any atom is -0.387 e. The molecule has 1 heterocycles. The quantitative estimate of drug-likeness (QED) is 0.745. The topological polar surface area (TPSA) is 80.0 Å². The van der Waals surface area contributed by atoms with E-state index in [-0.39, 0.29) is 12.5 Å². The van der Waals surface area contributed by atoms with Crippen molar-refractivity contribution < 1.29 is 9.90 Å². The monoisotopic (exact) mass is 344 g/mol. The van der Waals surface area contributed by atoms with E-state index in [1.54, 1.807) is 41.1 Å². The molecule has 24 heavy (non-hydrogen) atoms. The minimum atomic E-state index is -0.868. The van der Waals surface area contributed by atoms with Gasteiger partial charge in [0.1, 0.15) is 5.52 Å². The van der Waals surface area contributed by atoms with Gasteiger partial charge in [-0.2, -0.15) is 0 Å². The van der Waals surface area contributed by atoms with Crippen molar-refractivity contribution in [1.29, 1.82) is 0 Å². The summed E-state index contributed by atoms with van der Waals surface area (Å²) in [6, 6.07) is 12.2. The number of fused-ring (bicyclic) bond motifs is 1. The van der Waals surface area contributed by atoms with Gasteiger partial charge in [0.25, 0.3) is 5.91 Å². The number of hydrogen-bond donors (Lipinski definition) is 2. The normalized spacial score (nSPS) is 12.3. The van der Waals surface area contributed by atoms with Gasteiger partial charge in [0.2, 0.25) is 0 Å². The van der Waals surface area contributed by atoms with Crippen LogP contribution in [0.3, 0.4) is 0 Å². The van der Waals surface area contributed by atoms with Gasteiger partial charge in [-0.25, -0.2) is 4.68 Å². The van der Waals surface area contributed by atoms with Gasteiger partial charge in [-0.15, -0.1) is 5.10 Å². The average molecular weight is 345 g/mol. The van der Waals surface area contributed by atoms with Crippen molar-refractivity contribution in [3.63, 3.8) is 0 Å². The third-order valence-corrected chi connectivity index (χ3v) is 4.14. The van der Waals surface area contributed by atoms with E-state index in [9.17, 15) is 9.90 Å². The number of benzene rings is 2. The highest BCUT2D eigenvalue weighted by atomic mass is 35.5. The van der Waals surface area contributed by atoms with Crippen molar-refractivity contribution >= 4 is 28.5 Å². The highest BCUT2D eigenvalue weighted by molar-refractivity contribution is 6.31. The molecule has 0 aliphatic rings. The predicted octanol–water partition coefficient (Wildman–Crippen LogP) is 2.57. The van der Waals surface area contributed by atoms with Crippen molar-refractivity contribution in [2.75, 3.05) is 6.54 Å². The fraction of sp³-hybridized carbons (Fsp3) is 0.235. The SMILES string of the molecule is CCn1nnc2cc(C(=O)NCC(O)c3ccccc3Cl)ccc21. The highest BCUT2D eigenvalue weighted by Gasteiger charge is 2.14. The van der Waals surface area contributed by atoms with Gasteiger partial charge >= 0.3 is 0 Å². The zero-order valence-electron chi connectivity index (χ0n) is 13.1. The summed E-state index contributed by atoms with van der Waals surface area (Å²) < 4.78 is 1.76. The molecule has 0 bridgehead atoms. The Labute approximate surface area is 144 Å². The first-order chi connectivity index (χ1) is 11.6. The van der Waals surface area contributed by atoms with Crippen LogP contribution in [0.1, 0.15) is 28.9 Å². The van der Waals surface area contributed by atoms with Crippen LogP contribution in [-0.2, 0) is 6.54 Å². The first kappa shape index (κ1) is 16.4. The third-order valence-electron chi connectivity index (χ3n) is 3.80. The van der Waals surface area contributed by atoms with Crippen molar-refractivity contribution in [1.82, 2.24) is 20.3 Å². The number of carbonyl (C=O) groups excluding carboxylic acids is 1. The maximum Gasteiger partial charge on any atom is 0.251 e. The van der Waals surface area contributed by atoms with Crippen molar-refractivity contribution in [3.8, 4) is 0 Å². The maximum atomic E-state index is 12.3. The fourth-order valence-electron chi connectivity index (χ4n) is 2.49. The van der Waals surface area contributed by atoms with Crippen LogP contribution in [0.4, 0.5) is 0 Å². The summed E-state index contributed by atoms with van der Waals surface area (Å²) in [7, 11) is 0. The van der Waals surface area contributed by atoms with Crippen LogP contribution in [0.2, 0.25) is 5.02 Å². The predicted molar refractivity (Wildman–Crippen MR) is 91.9 cm³/mol. The second-order valence-electron chi connectivity index (χ2n) is 5.36. The molecule has 0 radical (unpaired) electrons. The van der Waals surface area contributed by atoms with Gasteiger partial charge in [-0.05, 0) is 31.2 Å². The summed E-state index contributed by atoms with van der Waals surface area (Å²) in [6.07, 6.45) is -0.868. The number of aliphatic hydroxyl groups is 1. The van der Waals surface area contributed by atoms with Crippen LogP contribution in [0.15, 0.2) is 42.5 Å². The fourth-order valence-corrected chi connectivity index (χ4v) is 2.76. The molecular weight excluding hydrogens is 328 g/mol. The number of hydrogen-bond acceptors (Lipinski definition) is 4. The van der Waals surface area contributed by atoms with Crippen molar-refractivity contribution in [2.45, 2.75) is 19.6 Å². The molecule has 0 fully saturated rings. The van der Waals surface area contributed by atoms with Crippen molar-refractivity contribution in [3.05, 3.63) is 58.6 Å². The molecule has 0 saturated heterocycles. The van der Waals surface area contributed by atoms with Crippen LogP contribution in [0, 0.1) is 0 Å². The van der Waals surface area contributed by atoms with Gasteiger partial charge in [-0.3, -0.25) is 4.79 Å². The summed E-state index contributed by atoms with van der Waals surface area (Å²) in [6.45, 7) is 2.76. The first-order valence-corrected chi connectivity index (χ1v) is 8.02. The Balaban J connectivity index is 1.70. The van der Waals surface area contributed by atoms with E-state index in [2.05, 4.69) is 15.6 Å². The van der Waals surface area contributed by atoms with E-state index in [1.165, 1.54) is 0 Å². The zero-order valence-corrected chi connectivity index (χ0v) is 13.9. The lowest BCUT2D eigenvalue weighted by molar-refractivity contribution is 0.0916. The number of nitrogens with one attached hydrogen (secondary N) is 1. The van der Waals surface area contributed by atoms with Crippen LogP contribution in [0.5, 0.6) is 0 Å². The number of aliphatic hydroxyl groups excluding tert-OH is 1. The van der Waals surface area contributed by atoms with E-state index in [0.717, 1.165) is 5.52 Å². The lowest BCUT2D eigenvalue weighted by Crippen LogP contribution is -2.28. The molecule has 0 spiro atoms. The molecule has 0 aliphatic carbocycles. The van der Waals surface area contributed by atoms with Crippen LogP contribution in [-0.4, -0.2) is 32.6 Å². The minimum absolute atomic E-state index is 0.0717. The molecule has 1 atom stereocenters. The lowest BCUT2D eigenvalue weighted by atomic mass is 10.1. The molecule has 2 N–H and O–H groups in total. The Kier molecular flexibility index (Phi) is 4.78. The summed E-state index contributed by atoms with van der Waals surface area (Å²) in [5.41, 5.74) is 2.60. The number of carbonyl (C=O) groups is 1. The number of aromatic nitrogens is 3. The van der Waals surface area contributed by atoms with E-state index in [4.69, 9.17) is 11.6 Å². The standard InChI is InChI=1S/C17H17ClN4O2/c1-2-22-15-8-7-11(9-14(15)20-21-22)17(24)19-10-16(23)12-5-3-4-6-13(12)18/h3-9,16,23H,2,10H2,1H3,(H,19,24). The van der Waals surface area contributed by atoms with Gasteiger partial charge in [0, 0.05) is 29.2 Å². The molecular formula is C17H17ClN4O2. The Bertz CT molecular complexity index is 878. The summed E-state index contributed by atoms with van der Waals surface area (Å²) in [5, 5.41) is 21.4. The van der Waals surface area contributed by atoms with Gasteiger partial charge in [0.15, 0.2) is 0 Å². The van der Waals surface area contributed by atoms with E-state index in [0.29, 0.717) is 28.2 Å². The summed E-state index contributed by atoms with van der Waals surface area (Å²) in [4.78, 5) is 12.3. The number of rotatable bonds is 5. The lowest BCUT2D eigenvalue weighted by Gasteiger charge is -2.13. The molecule has 0 saturated carbocycles. The Morgan fingerprint density at radius 1 is 1.33 bits per heavy atom. The summed E-state index contributed by atoms with van der Waals surface area (Å²) >= 11 is 6.04. The molecule has 124 valence electrons. The molecule has 1 unspecified atom stereocenters. The van der Waals surface area contributed by atoms with Gasteiger partial charge in [-0.1, -0.05) is 35.0 Å². The molecule has 1 amide bonds. The van der Waals surface area contributed by atoms with Crippen LogP contribution in [0.25, 0.3) is 11.0 Å². The summed E-state index contributed by atoms with van der Waals surface area (Å²) in [5.74, 6) is -0.283. The second kappa shape index (κ2) is 6.98. The molecule has 1 aromatic heterocycles.